The summed E-state index contributed by atoms with van der Waals surface area (Å²) in [4.78, 5) is 33.2. The van der Waals surface area contributed by atoms with E-state index < -0.39 is 0 Å². The van der Waals surface area contributed by atoms with Crippen molar-refractivity contribution in [2.24, 2.45) is 0 Å². The van der Waals surface area contributed by atoms with Gasteiger partial charge in [-0.3, -0.25) is 19.5 Å². The largest absolute Gasteiger partial charge is 0.449 e. The Balaban J connectivity index is 1.66. The molecule has 7 nitrogen and oxygen atoms in total. The average Bonchev–Trinajstić information content (AvgIpc) is 2.73. The molecule has 144 valence electrons. The number of aromatic nitrogens is 1. The molecule has 0 bridgehead atoms. The number of fused-ring (bicyclic) bond motifs is 1. The van der Waals surface area contributed by atoms with Crippen LogP contribution in [0.5, 0.6) is 5.75 Å². The van der Waals surface area contributed by atoms with Crippen molar-refractivity contribution in [3.05, 3.63) is 54.0 Å². The average molecular weight is 378 g/mol. The highest BCUT2D eigenvalue weighted by Crippen LogP contribution is 2.37. The Bertz CT molecular complexity index is 921. The topological polar surface area (TPSA) is 88.8 Å². The predicted octanol–water partition coefficient (Wildman–Crippen LogP) is 2.44. The summed E-state index contributed by atoms with van der Waals surface area (Å²) in [6, 6.07) is 8.66. The van der Waals surface area contributed by atoms with Gasteiger partial charge in [-0.2, -0.15) is 0 Å². The Morgan fingerprint density at radius 1 is 1.14 bits per heavy atom. The maximum Gasteiger partial charge on any atom is 0.294 e. The first kappa shape index (κ1) is 18.0. The SMILES string of the molecule is Nc1ccc2c(c1)N(CC(=O)N1CCCCC1)C(=O)/C(=C\c1ccncc1)O2. The van der Waals surface area contributed by atoms with Crippen molar-refractivity contribution in [2.75, 3.05) is 30.3 Å². The van der Waals surface area contributed by atoms with Crippen LogP contribution < -0.4 is 15.4 Å². The van der Waals surface area contributed by atoms with Gasteiger partial charge in [-0.1, -0.05) is 0 Å². The Hall–Kier alpha value is -3.35. The quantitative estimate of drug-likeness (QED) is 0.655. The number of hydrogen-bond donors (Lipinski definition) is 1. The molecule has 0 saturated carbocycles. The molecule has 2 aliphatic rings. The number of anilines is 2. The van der Waals surface area contributed by atoms with Crippen LogP contribution in [-0.2, 0) is 9.59 Å². The number of piperidine rings is 1. The smallest absolute Gasteiger partial charge is 0.294 e. The van der Waals surface area contributed by atoms with E-state index in [1.165, 1.54) is 4.90 Å². The highest BCUT2D eigenvalue weighted by molar-refractivity contribution is 6.12. The summed E-state index contributed by atoms with van der Waals surface area (Å²) in [5.74, 6) is 0.238. The van der Waals surface area contributed by atoms with Gasteiger partial charge in [-0.15, -0.1) is 0 Å². The van der Waals surface area contributed by atoms with E-state index >= 15 is 0 Å². The number of hydrogen-bond acceptors (Lipinski definition) is 5. The van der Waals surface area contributed by atoms with Gasteiger partial charge in [0, 0.05) is 31.2 Å². The summed E-state index contributed by atoms with van der Waals surface area (Å²) >= 11 is 0. The van der Waals surface area contributed by atoms with Crippen molar-refractivity contribution in [3.8, 4) is 5.75 Å². The van der Waals surface area contributed by atoms with Crippen molar-refractivity contribution < 1.29 is 14.3 Å². The lowest BCUT2D eigenvalue weighted by atomic mass is 10.1. The lowest BCUT2D eigenvalue weighted by molar-refractivity contribution is -0.132. The molecule has 3 heterocycles. The molecule has 2 amide bonds. The monoisotopic (exact) mass is 378 g/mol. The minimum Gasteiger partial charge on any atom is -0.449 e. The van der Waals surface area contributed by atoms with Crippen LogP contribution in [0.1, 0.15) is 24.8 Å². The number of carbonyl (C=O) groups excluding carboxylic acids is 2. The van der Waals surface area contributed by atoms with E-state index in [0.717, 1.165) is 37.9 Å². The molecule has 7 heteroatoms. The summed E-state index contributed by atoms with van der Waals surface area (Å²) in [7, 11) is 0. The first-order valence-electron chi connectivity index (χ1n) is 9.40. The zero-order valence-electron chi connectivity index (χ0n) is 15.5. The van der Waals surface area contributed by atoms with E-state index in [4.69, 9.17) is 10.5 Å². The van der Waals surface area contributed by atoms with Gasteiger partial charge >= 0.3 is 0 Å². The number of nitrogen functional groups attached to an aromatic ring is 1. The molecule has 0 atom stereocenters. The number of nitrogens with two attached hydrogens (primary N) is 1. The summed E-state index contributed by atoms with van der Waals surface area (Å²) in [6.45, 7) is 1.44. The lowest BCUT2D eigenvalue weighted by Gasteiger charge is -2.33. The maximum absolute atomic E-state index is 13.1. The fourth-order valence-electron chi connectivity index (χ4n) is 3.47. The predicted molar refractivity (Wildman–Crippen MR) is 106 cm³/mol. The van der Waals surface area contributed by atoms with Crippen LogP contribution in [0, 0.1) is 0 Å². The minimum absolute atomic E-state index is 0.0354. The fourth-order valence-corrected chi connectivity index (χ4v) is 3.47. The zero-order chi connectivity index (χ0) is 19.5. The van der Waals surface area contributed by atoms with Crippen LogP contribution in [0.25, 0.3) is 6.08 Å². The van der Waals surface area contributed by atoms with Crippen LogP contribution in [0.15, 0.2) is 48.5 Å². The van der Waals surface area contributed by atoms with Crippen molar-refractivity contribution in [1.82, 2.24) is 9.88 Å². The zero-order valence-corrected chi connectivity index (χ0v) is 15.5. The molecule has 1 aromatic heterocycles. The minimum atomic E-state index is -0.361. The Morgan fingerprint density at radius 3 is 2.64 bits per heavy atom. The van der Waals surface area contributed by atoms with Crippen LogP contribution in [-0.4, -0.2) is 41.3 Å². The molecular weight excluding hydrogens is 356 g/mol. The molecule has 1 fully saturated rings. The summed E-state index contributed by atoms with van der Waals surface area (Å²) in [5, 5.41) is 0. The summed E-state index contributed by atoms with van der Waals surface area (Å²) in [5.41, 5.74) is 7.72. The standard InChI is InChI=1S/C21H22N4O3/c22-16-4-5-18-17(13-16)25(14-20(26)24-10-2-1-3-11-24)21(27)19(28-18)12-15-6-8-23-9-7-15/h4-9,12-13H,1-3,10-11,14,22H2/b19-12+. The van der Waals surface area contributed by atoms with Gasteiger partial charge in [0.2, 0.25) is 5.91 Å². The maximum atomic E-state index is 13.1. The van der Waals surface area contributed by atoms with E-state index in [9.17, 15) is 9.59 Å². The number of ether oxygens (including phenoxy) is 1. The van der Waals surface area contributed by atoms with E-state index in [-0.39, 0.29) is 24.1 Å². The normalized spacial score (nSPS) is 18.0. The number of benzene rings is 1. The molecular formula is C21H22N4O3. The molecule has 2 N–H and O–H groups in total. The Labute approximate surface area is 163 Å². The Kier molecular flexibility index (Phi) is 4.97. The molecule has 4 rings (SSSR count). The molecule has 0 aliphatic carbocycles. The van der Waals surface area contributed by atoms with E-state index in [1.54, 1.807) is 48.8 Å². The molecule has 28 heavy (non-hydrogen) atoms. The van der Waals surface area contributed by atoms with Gasteiger partial charge in [-0.25, -0.2) is 0 Å². The number of rotatable bonds is 3. The first-order chi connectivity index (χ1) is 13.6. The second-order valence-electron chi connectivity index (χ2n) is 6.95. The molecule has 1 aromatic carbocycles. The van der Waals surface area contributed by atoms with Gasteiger partial charge in [0.15, 0.2) is 11.5 Å². The van der Waals surface area contributed by atoms with Crippen LogP contribution in [0.3, 0.4) is 0 Å². The van der Waals surface area contributed by atoms with E-state index in [1.807, 2.05) is 4.90 Å². The summed E-state index contributed by atoms with van der Waals surface area (Å²) < 4.78 is 5.83. The van der Waals surface area contributed by atoms with Crippen LogP contribution >= 0.6 is 0 Å². The number of pyridine rings is 1. The highest BCUT2D eigenvalue weighted by atomic mass is 16.5. The third kappa shape index (κ3) is 3.69. The third-order valence-corrected chi connectivity index (χ3v) is 4.96. The number of amides is 2. The summed E-state index contributed by atoms with van der Waals surface area (Å²) in [6.07, 6.45) is 8.08. The Morgan fingerprint density at radius 2 is 1.89 bits per heavy atom. The highest BCUT2D eigenvalue weighted by Gasteiger charge is 2.33. The van der Waals surface area contributed by atoms with Crippen LogP contribution in [0.4, 0.5) is 11.4 Å². The second kappa shape index (κ2) is 7.72. The fraction of sp³-hybridized carbons (Fsp3) is 0.286. The van der Waals surface area contributed by atoms with Crippen molar-refractivity contribution in [3.63, 3.8) is 0 Å². The number of likely N-dealkylation sites (tertiary alicyclic amines) is 1. The molecule has 1 saturated heterocycles. The van der Waals surface area contributed by atoms with E-state index in [2.05, 4.69) is 4.98 Å². The lowest BCUT2D eigenvalue weighted by Crippen LogP contribution is -2.47. The van der Waals surface area contributed by atoms with Gasteiger partial charge in [0.1, 0.15) is 6.54 Å². The molecule has 0 spiro atoms. The van der Waals surface area contributed by atoms with Crippen LogP contribution in [0.2, 0.25) is 0 Å². The molecule has 2 aliphatic heterocycles. The third-order valence-electron chi connectivity index (χ3n) is 4.96. The molecule has 0 radical (unpaired) electrons. The van der Waals surface area contributed by atoms with Gasteiger partial charge in [0.25, 0.3) is 5.91 Å². The first-order valence-corrected chi connectivity index (χ1v) is 9.40. The van der Waals surface area contributed by atoms with Crippen molar-refractivity contribution in [2.45, 2.75) is 19.3 Å². The van der Waals surface area contributed by atoms with E-state index in [0.29, 0.717) is 17.1 Å². The van der Waals surface area contributed by atoms with Gasteiger partial charge in [-0.05, 0) is 61.2 Å². The molecule has 0 unspecified atom stereocenters. The van der Waals surface area contributed by atoms with Gasteiger partial charge in [0.05, 0.1) is 5.69 Å². The number of nitrogens with zero attached hydrogens (tertiary/aromatic N) is 3. The van der Waals surface area contributed by atoms with Gasteiger partial charge < -0.3 is 15.4 Å². The second-order valence-corrected chi connectivity index (χ2v) is 6.95. The molecule has 2 aromatic rings. The van der Waals surface area contributed by atoms with Crippen molar-refractivity contribution in [1.29, 1.82) is 0 Å². The van der Waals surface area contributed by atoms with Crippen molar-refractivity contribution >= 4 is 29.3 Å². The number of carbonyl (C=O) groups is 2.